The predicted octanol–water partition coefficient (Wildman–Crippen LogP) is 5.29. The number of aromatic amines is 1. The Labute approximate surface area is 176 Å². The van der Waals surface area contributed by atoms with Gasteiger partial charge in [0, 0.05) is 27.8 Å². The van der Waals surface area contributed by atoms with Crippen molar-refractivity contribution in [3.63, 3.8) is 0 Å². The first-order chi connectivity index (χ1) is 14.7. The fourth-order valence-electron chi connectivity index (χ4n) is 3.58. The molecule has 0 aliphatic heterocycles. The van der Waals surface area contributed by atoms with Gasteiger partial charge in [0.15, 0.2) is 16.7 Å². The highest BCUT2D eigenvalue weighted by Crippen LogP contribution is 2.30. The fraction of sp³-hybridized carbons (Fsp3) is 0.0870. The Bertz CT molecular complexity index is 1320. The lowest BCUT2D eigenvalue weighted by atomic mass is 10.1. The van der Waals surface area contributed by atoms with Crippen molar-refractivity contribution in [2.75, 3.05) is 5.75 Å². The Morgan fingerprint density at radius 1 is 1.03 bits per heavy atom. The summed E-state index contributed by atoms with van der Waals surface area (Å²) in [4.78, 5) is 16.4. The van der Waals surface area contributed by atoms with E-state index < -0.39 is 0 Å². The molecule has 0 unspecified atom stereocenters. The molecule has 0 radical (unpaired) electrons. The van der Waals surface area contributed by atoms with E-state index in [0.29, 0.717) is 16.7 Å². The number of carbonyl (C=O) groups excluding carboxylic acids is 1. The number of benzene rings is 2. The molecule has 3 heterocycles. The summed E-state index contributed by atoms with van der Waals surface area (Å²) in [5, 5.41) is 10.2. The van der Waals surface area contributed by atoms with Crippen molar-refractivity contribution in [2.24, 2.45) is 0 Å². The van der Waals surface area contributed by atoms with Crippen LogP contribution in [-0.4, -0.2) is 31.3 Å². The van der Waals surface area contributed by atoms with Crippen molar-refractivity contribution in [2.45, 2.75) is 12.1 Å². The molecule has 0 amide bonds. The van der Waals surface area contributed by atoms with Gasteiger partial charge in [-0.25, -0.2) is 0 Å². The number of furan rings is 1. The van der Waals surface area contributed by atoms with Crippen LogP contribution in [0.25, 0.3) is 28.2 Å². The number of para-hydroxylation sites is 2. The molecule has 0 fully saturated rings. The summed E-state index contributed by atoms with van der Waals surface area (Å²) in [5.74, 6) is 1.53. The van der Waals surface area contributed by atoms with Gasteiger partial charge in [-0.2, -0.15) is 0 Å². The Kier molecular flexibility index (Phi) is 4.72. The van der Waals surface area contributed by atoms with Crippen LogP contribution in [0.2, 0.25) is 0 Å². The van der Waals surface area contributed by atoms with Gasteiger partial charge in [0.1, 0.15) is 0 Å². The van der Waals surface area contributed by atoms with Crippen LogP contribution in [0.1, 0.15) is 16.1 Å². The van der Waals surface area contributed by atoms with Crippen molar-refractivity contribution in [1.82, 2.24) is 19.7 Å². The number of H-pyrrole nitrogens is 1. The molecule has 148 valence electrons. The largest absolute Gasteiger partial charge is 0.461 e. The number of aromatic nitrogens is 4. The van der Waals surface area contributed by atoms with Crippen LogP contribution in [0.15, 0.2) is 82.6 Å². The highest BCUT2D eigenvalue weighted by molar-refractivity contribution is 7.99. The second-order valence-corrected chi connectivity index (χ2v) is 7.78. The van der Waals surface area contributed by atoms with Gasteiger partial charge in [0.05, 0.1) is 12.0 Å². The van der Waals surface area contributed by atoms with E-state index in [4.69, 9.17) is 4.42 Å². The number of hydrogen-bond acceptors (Lipinski definition) is 5. The van der Waals surface area contributed by atoms with Crippen LogP contribution < -0.4 is 0 Å². The number of fused-ring (bicyclic) bond motifs is 1. The minimum Gasteiger partial charge on any atom is -0.461 e. The summed E-state index contributed by atoms with van der Waals surface area (Å²) < 4.78 is 7.46. The number of carbonyl (C=O) groups is 1. The second-order valence-electron chi connectivity index (χ2n) is 6.84. The number of nitrogens with one attached hydrogen (secondary N) is 1. The number of hydrogen-bond donors (Lipinski definition) is 1. The smallest absolute Gasteiger partial charge is 0.205 e. The maximum absolute atomic E-state index is 13.1. The normalized spacial score (nSPS) is 11.2. The van der Waals surface area contributed by atoms with Gasteiger partial charge in [0.25, 0.3) is 0 Å². The van der Waals surface area contributed by atoms with Crippen molar-refractivity contribution < 1.29 is 9.21 Å². The topological polar surface area (TPSA) is 76.7 Å². The van der Waals surface area contributed by atoms with Crippen LogP contribution in [-0.2, 0) is 0 Å². The van der Waals surface area contributed by atoms with E-state index in [9.17, 15) is 4.79 Å². The molecule has 7 heteroatoms. The molecular formula is C23H18N4O2S. The summed E-state index contributed by atoms with van der Waals surface area (Å²) in [6.45, 7) is 1.93. The monoisotopic (exact) mass is 414 g/mol. The van der Waals surface area contributed by atoms with Gasteiger partial charge in [-0.15, -0.1) is 10.2 Å². The highest BCUT2D eigenvalue weighted by atomic mass is 32.2. The van der Waals surface area contributed by atoms with Crippen molar-refractivity contribution in [3.05, 3.63) is 84.3 Å². The molecule has 1 N–H and O–H groups in total. The highest BCUT2D eigenvalue weighted by Gasteiger charge is 2.21. The Hall–Kier alpha value is -3.58. The second kappa shape index (κ2) is 7.68. The zero-order valence-corrected chi connectivity index (χ0v) is 17.0. The van der Waals surface area contributed by atoms with E-state index in [1.807, 2.05) is 78.2 Å². The quantitative estimate of drug-likeness (QED) is 0.302. The third-order valence-corrected chi connectivity index (χ3v) is 5.82. The van der Waals surface area contributed by atoms with Gasteiger partial charge >= 0.3 is 0 Å². The zero-order valence-electron chi connectivity index (χ0n) is 16.2. The third kappa shape index (κ3) is 3.23. The molecule has 30 heavy (non-hydrogen) atoms. The molecule has 6 nitrogen and oxygen atoms in total. The zero-order chi connectivity index (χ0) is 20.5. The van der Waals surface area contributed by atoms with Crippen LogP contribution in [0.3, 0.4) is 0 Å². The number of thioether (sulfide) groups is 1. The van der Waals surface area contributed by atoms with Gasteiger partial charge in [-0.3, -0.25) is 9.36 Å². The molecule has 3 aromatic heterocycles. The van der Waals surface area contributed by atoms with E-state index in [0.717, 1.165) is 27.8 Å². The lowest BCUT2D eigenvalue weighted by molar-refractivity contribution is 0.102. The SMILES string of the molecule is Cc1[nH]c2ccccc2c1C(=O)CSc1nnc(-c2ccco2)n1-c1ccccc1. The summed E-state index contributed by atoms with van der Waals surface area (Å²) in [5.41, 5.74) is 3.49. The maximum Gasteiger partial charge on any atom is 0.205 e. The summed E-state index contributed by atoms with van der Waals surface area (Å²) in [6, 6.07) is 21.3. The molecule has 0 atom stereocenters. The first-order valence-electron chi connectivity index (χ1n) is 9.50. The van der Waals surface area contributed by atoms with Crippen molar-refractivity contribution >= 4 is 28.4 Å². The number of nitrogens with zero attached hydrogens (tertiary/aromatic N) is 3. The number of rotatable bonds is 6. The van der Waals surface area contributed by atoms with Crippen LogP contribution in [0.4, 0.5) is 0 Å². The lowest BCUT2D eigenvalue weighted by Crippen LogP contribution is -2.06. The van der Waals surface area contributed by atoms with Gasteiger partial charge < -0.3 is 9.40 Å². The summed E-state index contributed by atoms with van der Waals surface area (Å²) in [7, 11) is 0. The summed E-state index contributed by atoms with van der Waals surface area (Å²) in [6.07, 6.45) is 1.61. The number of ketones is 1. The van der Waals surface area contributed by atoms with Gasteiger partial charge in [0.2, 0.25) is 5.82 Å². The van der Waals surface area contributed by atoms with E-state index in [2.05, 4.69) is 15.2 Å². The molecule has 5 aromatic rings. The molecule has 0 aliphatic carbocycles. The standard InChI is InChI=1S/C23H18N4O2S/c1-15-21(17-10-5-6-11-18(17)24-15)19(28)14-30-23-26-25-22(20-12-7-13-29-20)27(23)16-8-3-2-4-9-16/h2-13,24H,14H2,1H3. The minimum absolute atomic E-state index is 0.0529. The lowest BCUT2D eigenvalue weighted by Gasteiger charge is -2.09. The van der Waals surface area contributed by atoms with Crippen LogP contribution >= 0.6 is 11.8 Å². The molecular weight excluding hydrogens is 396 g/mol. The molecule has 5 rings (SSSR count). The average molecular weight is 414 g/mol. The molecule has 0 saturated carbocycles. The van der Waals surface area contributed by atoms with E-state index in [1.165, 1.54) is 11.8 Å². The first-order valence-corrected chi connectivity index (χ1v) is 10.5. The molecule has 0 saturated heterocycles. The molecule has 0 bridgehead atoms. The van der Waals surface area contributed by atoms with E-state index >= 15 is 0 Å². The van der Waals surface area contributed by atoms with E-state index in [1.54, 1.807) is 6.26 Å². The summed E-state index contributed by atoms with van der Waals surface area (Å²) >= 11 is 1.37. The molecule has 2 aromatic carbocycles. The van der Waals surface area contributed by atoms with E-state index in [-0.39, 0.29) is 11.5 Å². The fourth-order valence-corrected chi connectivity index (χ4v) is 4.40. The first kappa shape index (κ1) is 18.4. The third-order valence-electron chi connectivity index (χ3n) is 4.89. The Morgan fingerprint density at radius 3 is 2.63 bits per heavy atom. The average Bonchev–Trinajstić information content (AvgIpc) is 3.50. The van der Waals surface area contributed by atoms with Crippen molar-refractivity contribution in [3.8, 4) is 17.3 Å². The maximum atomic E-state index is 13.1. The van der Waals surface area contributed by atoms with Crippen LogP contribution in [0, 0.1) is 6.92 Å². The molecule has 0 aliphatic rings. The molecule has 0 spiro atoms. The number of aryl methyl sites for hydroxylation is 1. The minimum atomic E-state index is 0.0529. The predicted molar refractivity (Wildman–Crippen MR) is 117 cm³/mol. The number of Topliss-reactive ketones (excluding diaryl/α,β-unsaturated/α-hetero) is 1. The van der Waals surface area contributed by atoms with Crippen molar-refractivity contribution in [1.29, 1.82) is 0 Å². The Balaban J connectivity index is 1.48. The Morgan fingerprint density at radius 2 is 1.83 bits per heavy atom. The van der Waals surface area contributed by atoms with Crippen LogP contribution in [0.5, 0.6) is 0 Å². The van der Waals surface area contributed by atoms with Gasteiger partial charge in [-0.1, -0.05) is 48.2 Å². The van der Waals surface area contributed by atoms with Gasteiger partial charge in [-0.05, 0) is 37.3 Å².